The van der Waals surface area contributed by atoms with E-state index in [1.165, 1.54) is 12.8 Å². The number of aromatic nitrogens is 2. The van der Waals surface area contributed by atoms with Gasteiger partial charge in [0.15, 0.2) is 0 Å². The molecule has 1 aliphatic carbocycles. The minimum absolute atomic E-state index is 0.337. The number of nitrogens with zero attached hydrogens (tertiary/aromatic N) is 2. The van der Waals surface area contributed by atoms with E-state index in [1.807, 2.05) is 6.92 Å². The molecule has 1 aliphatic rings. The molecule has 0 spiro atoms. The third kappa shape index (κ3) is 1.47. The highest BCUT2D eigenvalue weighted by Crippen LogP contribution is 2.25. The molecule has 64 valence electrons. The summed E-state index contributed by atoms with van der Waals surface area (Å²) in [7, 11) is 0. The Kier molecular flexibility index (Phi) is 1.60. The van der Waals surface area contributed by atoms with Gasteiger partial charge in [-0.1, -0.05) is 0 Å². The van der Waals surface area contributed by atoms with Crippen molar-refractivity contribution in [3.05, 3.63) is 11.8 Å². The second kappa shape index (κ2) is 2.62. The molecule has 0 radical (unpaired) electrons. The van der Waals surface area contributed by atoms with Crippen LogP contribution in [0.1, 0.15) is 18.4 Å². The van der Waals surface area contributed by atoms with Crippen LogP contribution in [0, 0.1) is 6.92 Å². The third-order valence-electron chi connectivity index (χ3n) is 1.91. The zero-order chi connectivity index (χ0) is 8.55. The van der Waals surface area contributed by atoms with Crippen LogP contribution in [0.3, 0.4) is 0 Å². The molecule has 0 unspecified atom stereocenters. The summed E-state index contributed by atoms with van der Waals surface area (Å²) in [4.78, 5) is 8.00. The van der Waals surface area contributed by atoms with Gasteiger partial charge in [-0.05, 0) is 19.8 Å². The van der Waals surface area contributed by atoms with Gasteiger partial charge in [-0.25, -0.2) is 4.98 Å². The zero-order valence-corrected chi connectivity index (χ0v) is 7.04. The van der Waals surface area contributed by atoms with E-state index in [2.05, 4.69) is 15.3 Å². The van der Waals surface area contributed by atoms with Crippen LogP contribution < -0.4 is 11.1 Å². The number of hydrogen-bond acceptors (Lipinski definition) is 4. The van der Waals surface area contributed by atoms with Crippen LogP contribution in [0.25, 0.3) is 0 Å². The number of nitrogens with one attached hydrogen (secondary N) is 1. The molecule has 2 rings (SSSR count). The molecule has 0 amide bonds. The number of anilines is 2. The summed E-state index contributed by atoms with van der Waals surface area (Å²) >= 11 is 0. The van der Waals surface area contributed by atoms with Gasteiger partial charge in [0.1, 0.15) is 5.82 Å². The van der Waals surface area contributed by atoms with Crippen LogP contribution in [-0.2, 0) is 0 Å². The van der Waals surface area contributed by atoms with E-state index in [1.54, 1.807) is 6.20 Å². The maximum absolute atomic E-state index is 5.46. The van der Waals surface area contributed by atoms with Gasteiger partial charge in [0.05, 0.1) is 0 Å². The lowest BCUT2D eigenvalue weighted by Gasteiger charge is -2.06. The number of rotatable bonds is 2. The summed E-state index contributed by atoms with van der Waals surface area (Å²) in [5.74, 6) is 1.22. The minimum atomic E-state index is 0.337. The van der Waals surface area contributed by atoms with Gasteiger partial charge in [0.2, 0.25) is 5.95 Å². The average molecular weight is 164 g/mol. The van der Waals surface area contributed by atoms with Gasteiger partial charge in [0, 0.05) is 17.8 Å². The first-order chi connectivity index (χ1) is 5.75. The minimum Gasteiger partial charge on any atom is -0.368 e. The van der Waals surface area contributed by atoms with Crippen LogP contribution in [-0.4, -0.2) is 16.0 Å². The highest BCUT2D eigenvalue weighted by Gasteiger charge is 2.21. The second-order valence-corrected chi connectivity index (χ2v) is 3.18. The van der Waals surface area contributed by atoms with Crippen LogP contribution in [0.5, 0.6) is 0 Å². The Morgan fingerprint density at radius 3 is 3.00 bits per heavy atom. The molecule has 0 saturated heterocycles. The lowest BCUT2D eigenvalue weighted by atomic mass is 10.3. The van der Waals surface area contributed by atoms with Gasteiger partial charge in [-0.15, -0.1) is 0 Å². The number of hydrogen-bond donors (Lipinski definition) is 2. The molecule has 1 aromatic rings. The van der Waals surface area contributed by atoms with Crippen molar-refractivity contribution >= 4 is 11.8 Å². The molecule has 0 atom stereocenters. The lowest BCUT2D eigenvalue weighted by Crippen LogP contribution is -2.07. The van der Waals surface area contributed by atoms with Crippen LogP contribution >= 0.6 is 0 Å². The van der Waals surface area contributed by atoms with Gasteiger partial charge < -0.3 is 11.1 Å². The summed E-state index contributed by atoms with van der Waals surface area (Å²) in [6, 6.07) is 0.609. The van der Waals surface area contributed by atoms with E-state index in [9.17, 15) is 0 Å². The van der Waals surface area contributed by atoms with E-state index in [0.29, 0.717) is 12.0 Å². The molecule has 12 heavy (non-hydrogen) atoms. The fraction of sp³-hybridized carbons (Fsp3) is 0.500. The molecule has 1 aromatic heterocycles. The first-order valence-corrected chi connectivity index (χ1v) is 4.11. The van der Waals surface area contributed by atoms with Crippen LogP contribution in [0.2, 0.25) is 0 Å². The Balaban J connectivity index is 2.21. The maximum Gasteiger partial charge on any atom is 0.221 e. The quantitative estimate of drug-likeness (QED) is 0.682. The summed E-state index contributed by atoms with van der Waals surface area (Å²) in [5.41, 5.74) is 6.51. The fourth-order valence-electron chi connectivity index (χ4n) is 1.02. The molecule has 1 saturated carbocycles. The Hall–Kier alpha value is -1.32. The largest absolute Gasteiger partial charge is 0.368 e. The monoisotopic (exact) mass is 164 g/mol. The predicted molar refractivity (Wildman–Crippen MR) is 47.8 cm³/mol. The summed E-state index contributed by atoms with van der Waals surface area (Å²) in [6.45, 7) is 1.98. The zero-order valence-electron chi connectivity index (χ0n) is 7.04. The molecule has 0 aromatic carbocycles. The van der Waals surface area contributed by atoms with E-state index >= 15 is 0 Å². The lowest BCUT2D eigenvalue weighted by molar-refractivity contribution is 1.07. The van der Waals surface area contributed by atoms with Crippen LogP contribution in [0.15, 0.2) is 6.20 Å². The SMILES string of the molecule is Cc1cnc(N)nc1NC1CC1. The van der Waals surface area contributed by atoms with Gasteiger partial charge in [-0.2, -0.15) is 4.98 Å². The second-order valence-electron chi connectivity index (χ2n) is 3.18. The normalized spacial score (nSPS) is 16.1. The maximum atomic E-state index is 5.46. The van der Waals surface area contributed by atoms with Gasteiger partial charge in [0.25, 0.3) is 0 Å². The predicted octanol–water partition coefficient (Wildman–Crippen LogP) is 0.942. The highest BCUT2D eigenvalue weighted by atomic mass is 15.1. The summed E-state index contributed by atoms with van der Waals surface area (Å²) in [5, 5.41) is 3.29. The van der Waals surface area contributed by atoms with Crippen molar-refractivity contribution in [2.45, 2.75) is 25.8 Å². The van der Waals surface area contributed by atoms with Gasteiger partial charge in [-0.3, -0.25) is 0 Å². The van der Waals surface area contributed by atoms with Crippen molar-refractivity contribution in [3.63, 3.8) is 0 Å². The molecule has 4 nitrogen and oxygen atoms in total. The van der Waals surface area contributed by atoms with Crippen molar-refractivity contribution in [2.75, 3.05) is 11.1 Å². The van der Waals surface area contributed by atoms with Crippen molar-refractivity contribution in [1.29, 1.82) is 0 Å². The van der Waals surface area contributed by atoms with Crippen molar-refractivity contribution in [3.8, 4) is 0 Å². The molecular weight excluding hydrogens is 152 g/mol. The molecule has 4 heteroatoms. The molecular formula is C8H12N4. The molecule has 1 fully saturated rings. The number of nitrogens with two attached hydrogens (primary N) is 1. The van der Waals surface area contributed by atoms with E-state index in [0.717, 1.165) is 11.4 Å². The Labute approximate surface area is 71.2 Å². The van der Waals surface area contributed by atoms with E-state index < -0.39 is 0 Å². The summed E-state index contributed by atoms with van der Waals surface area (Å²) < 4.78 is 0. The molecule has 3 N–H and O–H groups in total. The summed E-state index contributed by atoms with van der Waals surface area (Å²) in [6.07, 6.45) is 4.22. The first kappa shape index (κ1) is 7.34. The Bertz CT molecular complexity index is 293. The molecule has 0 bridgehead atoms. The van der Waals surface area contributed by atoms with Crippen LogP contribution in [0.4, 0.5) is 11.8 Å². The highest BCUT2D eigenvalue weighted by molar-refractivity contribution is 5.46. The van der Waals surface area contributed by atoms with E-state index in [4.69, 9.17) is 5.73 Å². The van der Waals surface area contributed by atoms with E-state index in [-0.39, 0.29) is 0 Å². The average Bonchev–Trinajstić information content (AvgIpc) is 2.81. The van der Waals surface area contributed by atoms with Crippen molar-refractivity contribution < 1.29 is 0 Å². The first-order valence-electron chi connectivity index (χ1n) is 4.11. The number of nitrogen functional groups attached to an aromatic ring is 1. The molecule has 1 heterocycles. The van der Waals surface area contributed by atoms with Gasteiger partial charge >= 0.3 is 0 Å². The third-order valence-corrected chi connectivity index (χ3v) is 1.91. The smallest absolute Gasteiger partial charge is 0.221 e. The Morgan fingerprint density at radius 2 is 2.33 bits per heavy atom. The van der Waals surface area contributed by atoms with Crippen molar-refractivity contribution in [1.82, 2.24) is 9.97 Å². The fourth-order valence-corrected chi connectivity index (χ4v) is 1.02. The number of aryl methyl sites for hydroxylation is 1. The standard InChI is InChI=1S/C8H12N4/c1-5-4-10-8(9)12-7(5)11-6-2-3-6/h4,6H,2-3H2,1H3,(H3,9,10,11,12). The van der Waals surface area contributed by atoms with Crippen molar-refractivity contribution in [2.24, 2.45) is 0 Å². The molecule has 0 aliphatic heterocycles. The topological polar surface area (TPSA) is 63.8 Å². The Morgan fingerprint density at radius 1 is 1.58 bits per heavy atom.